The van der Waals surface area contributed by atoms with Crippen molar-refractivity contribution in [2.75, 3.05) is 11.1 Å². The van der Waals surface area contributed by atoms with Gasteiger partial charge in [-0.05, 0) is 40.2 Å². The fourth-order valence-corrected chi connectivity index (χ4v) is 2.13. The van der Waals surface area contributed by atoms with Crippen LogP contribution in [0.4, 0.5) is 11.5 Å². The molecule has 1 heterocycles. The van der Waals surface area contributed by atoms with Crippen LogP contribution in [0.5, 0.6) is 0 Å². The van der Waals surface area contributed by atoms with Crippen LogP contribution in [-0.4, -0.2) is 10.9 Å². The Labute approximate surface area is 128 Å². The van der Waals surface area contributed by atoms with E-state index in [-0.39, 0.29) is 16.5 Å². The molecule has 0 aliphatic heterocycles. The Morgan fingerprint density at radius 2 is 1.95 bits per heavy atom. The molecule has 1 aromatic heterocycles. The molecule has 1 amide bonds. The predicted molar refractivity (Wildman–Crippen MR) is 80.8 cm³/mol. The molecule has 7 heteroatoms. The summed E-state index contributed by atoms with van der Waals surface area (Å²) in [5.74, 6) is -0.236. The number of nitrogens with two attached hydrogens (primary N) is 1. The van der Waals surface area contributed by atoms with Crippen molar-refractivity contribution in [1.29, 1.82) is 0 Å². The second-order valence-corrected chi connectivity index (χ2v) is 5.23. The molecule has 0 aliphatic rings. The molecule has 0 aliphatic carbocycles. The minimum Gasteiger partial charge on any atom is -0.384 e. The normalized spacial score (nSPS) is 10.3. The van der Waals surface area contributed by atoms with Gasteiger partial charge in [0.2, 0.25) is 0 Å². The number of halogens is 3. The Kier molecular flexibility index (Phi) is 4.29. The van der Waals surface area contributed by atoms with E-state index >= 15 is 0 Å². The van der Waals surface area contributed by atoms with Crippen molar-refractivity contribution in [2.45, 2.75) is 0 Å². The van der Waals surface area contributed by atoms with E-state index in [1.165, 1.54) is 12.1 Å². The lowest BCUT2D eigenvalue weighted by atomic mass is 10.3. The number of anilines is 2. The first-order valence-electron chi connectivity index (χ1n) is 5.16. The van der Waals surface area contributed by atoms with Crippen molar-refractivity contribution in [3.8, 4) is 0 Å². The first-order valence-corrected chi connectivity index (χ1v) is 6.71. The smallest absolute Gasteiger partial charge is 0.275 e. The summed E-state index contributed by atoms with van der Waals surface area (Å²) in [5.41, 5.74) is 6.12. The van der Waals surface area contributed by atoms with Crippen LogP contribution in [0.2, 0.25) is 10.0 Å². The van der Waals surface area contributed by atoms with Crippen LogP contribution in [0.3, 0.4) is 0 Å². The average molecular weight is 361 g/mol. The van der Waals surface area contributed by atoms with Crippen LogP contribution in [0, 0.1) is 0 Å². The van der Waals surface area contributed by atoms with Crippen molar-refractivity contribution in [1.82, 2.24) is 4.98 Å². The van der Waals surface area contributed by atoms with Gasteiger partial charge in [0.15, 0.2) is 0 Å². The van der Waals surface area contributed by atoms with Gasteiger partial charge in [-0.2, -0.15) is 0 Å². The number of carbonyl (C=O) groups excluding carboxylic acids is 1. The molecule has 0 saturated heterocycles. The number of carbonyl (C=O) groups is 1. The highest BCUT2D eigenvalue weighted by molar-refractivity contribution is 9.10. The van der Waals surface area contributed by atoms with Crippen LogP contribution in [0.1, 0.15) is 10.5 Å². The van der Waals surface area contributed by atoms with Gasteiger partial charge in [-0.25, -0.2) is 4.98 Å². The van der Waals surface area contributed by atoms with Gasteiger partial charge in [-0.1, -0.05) is 29.3 Å². The van der Waals surface area contributed by atoms with Crippen molar-refractivity contribution < 1.29 is 4.79 Å². The molecule has 0 atom stereocenters. The molecule has 2 rings (SSSR count). The third-order valence-electron chi connectivity index (χ3n) is 2.28. The summed E-state index contributed by atoms with van der Waals surface area (Å²) < 4.78 is 0.588. The summed E-state index contributed by atoms with van der Waals surface area (Å²) in [7, 11) is 0. The van der Waals surface area contributed by atoms with Gasteiger partial charge >= 0.3 is 0 Å². The van der Waals surface area contributed by atoms with E-state index in [0.29, 0.717) is 15.2 Å². The number of hydrogen-bond donors (Lipinski definition) is 2. The van der Waals surface area contributed by atoms with Gasteiger partial charge in [0, 0.05) is 0 Å². The van der Waals surface area contributed by atoms with Crippen molar-refractivity contribution >= 4 is 56.5 Å². The molecule has 2 aromatic rings. The van der Waals surface area contributed by atoms with Crippen LogP contribution in [-0.2, 0) is 0 Å². The minimum absolute atomic E-state index is 0.0635. The molecule has 0 saturated carbocycles. The summed E-state index contributed by atoms with van der Waals surface area (Å²) in [6.45, 7) is 0. The van der Waals surface area contributed by atoms with Gasteiger partial charge < -0.3 is 11.1 Å². The molecular formula is C12H8BrCl2N3O. The number of aromatic nitrogens is 1. The van der Waals surface area contributed by atoms with E-state index in [2.05, 4.69) is 26.2 Å². The molecule has 4 nitrogen and oxygen atoms in total. The summed E-state index contributed by atoms with van der Waals surface area (Å²) in [6, 6.07) is 8.17. The first kappa shape index (κ1) is 14.1. The number of benzene rings is 1. The molecule has 1 aromatic carbocycles. The second-order valence-electron chi connectivity index (χ2n) is 3.62. The van der Waals surface area contributed by atoms with E-state index in [0.717, 1.165) is 0 Å². The zero-order valence-corrected chi connectivity index (χ0v) is 12.6. The van der Waals surface area contributed by atoms with Crippen LogP contribution >= 0.6 is 39.1 Å². The van der Waals surface area contributed by atoms with E-state index in [9.17, 15) is 4.79 Å². The fourth-order valence-electron chi connectivity index (χ4n) is 1.40. The zero-order valence-electron chi connectivity index (χ0n) is 9.45. The van der Waals surface area contributed by atoms with E-state index in [1.54, 1.807) is 18.2 Å². The predicted octanol–water partition coefficient (Wildman–Crippen LogP) is 3.99. The molecular weight excluding hydrogens is 353 g/mol. The van der Waals surface area contributed by atoms with E-state index in [4.69, 9.17) is 28.9 Å². The lowest BCUT2D eigenvalue weighted by Gasteiger charge is -2.09. The number of nitrogens with zero attached hydrogens (tertiary/aromatic N) is 1. The lowest BCUT2D eigenvalue weighted by molar-refractivity contribution is 0.102. The average Bonchev–Trinajstić information content (AvgIpc) is 2.38. The zero-order chi connectivity index (χ0) is 14.0. The number of amides is 1. The Morgan fingerprint density at radius 3 is 2.68 bits per heavy atom. The highest BCUT2D eigenvalue weighted by Gasteiger charge is 2.14. The number of hydrogen-bond acceptors (Lipinski definition) is 3. The molecule has 3 N–H and O–H groups in total. The summed E-state index contributed by atoms with van der Waals surface area (Å²) in [6.07, 6.45) is 0. The Hall–Kier alpha value is -1.30. The SMILES string of the molecule is Nc1ccc(Cl)c(C(=O)Nc2cccc(Cl)c2Br)n1. The maximum Gasteiger partial charge on any atom is 0.275 e. The van der Waals surface area contributed by atoms with E-state index in [1.807, 2.05) is 0 Å². The quantitative estimate of drug-likeness (QED) is 0.850. The van der Waals surface area contributed by atoms with Gasteiger partial charge in [0.05, 0.1) is 20.2 Å². The fraction of sp³-hybridized carbons (Fsp3) is 0. The lowest BCUT2D eigenvalue weighted by Crippen LogP contribution is -2.15. The van der Waals surface area contributed by atoms with Crippen LogP contribution in [0.25, 0.3) is 0 Å². The molecule has 19 heavy (non-hydrogen) atoms. The highest BCUT2D eigenvalue weighted by atomic mass is 79.9. The third-order valence-corrected chi connectivity index (χ3v) is 3.98. The largest absolute Gasteiger partial charge is 0.384 e. The Morgan fingerprint density at radius 1 is 1.21 bits per heavy atom. The van der Waals surface area contributed by atoms with Crippen LogP contribution in [0.15, 0.2) is 34.8 Å². The maximum atomic E-state index is 12.1. The number of nitrogens with one attached hydrogen (secondary N) is 1. The standard InChI is InChI=1S/C12H8BrCl2N3O/c13-10-6(14)2-1-3-8(10)17-12(19)11-7(15)4-5-9(16)18-11/h1-5H,(H2,16,18)(H,17,19). The minimum atomic E-state index is -0.458. The number of rotatable bonds is 2. The Bertz CT molecular complexity index is 649. The summed E-state index contributed by atoms with van der Waals surface area (Å²) in [5, 5.41) is 3.38. The Balaban J connectivity index is 2.31. The first-order chi connectivity index (χ1) is 8.99. The summed E-state index contributed by atoms with van der Waals surface area (Å²) in [4.78, 5) is 16.0. The number of nitrogen functional groups attached to an aromatic ring is 1. The molecule has 98 valence electrons. The monoisotopic (exact) mass is 359 g/mol. The van der Waals surface area contributed by atoms with Crippen LogP contribution < -0.4 is 11.1 Å². The van der Waals surface area contributed by atoms with Gasteiger partial charge in [-0.15, -0.1) is 0 Å². The molecule has 0 fully saturated rings. The third kappa shape index (κ3) is 3.18. The molecule has 0 unspecified atom stereocenters. The van der Waals surface area contributed by atoms with Crippen molar-refractivity contribution in [2.24, 2.45) is 0 Å². The maximum absolute atomic E-state index is 12.1. The van der Waals surface area contributed by atoms with Crippen molar-refractivity contribution in [3.63, 3.8) is 0 Å². The van der Waals surface area contributed by atoms with Gasteiger partial charge in [0.1, 0.15) is 11.5 Å². The second kappa shape index (κ2) is 5.77. The van der Waals surface area contributed by atoms with Crippen molar-refractivity contribution in [3.05, 3.63) is 50.5 Å². The summed E-state index contributed by atoms with van der Waals surface area (Å²) >= 11 is 15.1. The highest BCUT2D eigenvalue weighted by Crippen LogP contribution is 2.30. The number of pyridine rings is 1. The van der Waals surface area contributed by atoms with Gasteiger partial charge in [0.25, 0.3) is 5.91 Å². The topological polar surface area (TPSA) is 68.0 Å². The van der Waals surface area contributed by atoms with E-state index < -0.39 is 5.91 Å². The van der Waals surface area contributed by atoms with Gasteiger partial charge in [-0.3, -0.25) is 4.79 Å². The molecule has 0 spiro atoms. The molecule has 0 radical (unpaired) electrons. The molecule has 0 bridgehead atoms.